The summed E-state index contributed by atoms with van der Waals surface area (Å²) in [6.07, 6.45) is -0.578. The molecular formula is C10H11Cl2NO3. The van der Waals surface area contributed by atoms with Crippen molar-refractivity contribution in [2.24, 2.45) is 0 Å². The Balaban J connectivity index is 2.89. The first kappa shape index (κ1) is 12.9. The number of carbonyl (C=O) groups excluding carboxylic acids is 1. The van der Waals surface area contributed by atoms with Gasteiger partial charge in [0.25, 0.3) is 0 Å². The van der Waals surface area contributed by atoms with E-state index in [-0.39, 0.29) is 6.61 Å². The van der Waals surface area contributed by atoms with Crippen molar-refractivity contribution < 1.29 is 14.3 Å². The summed E-state index contributed by atoms with van der Waals surface area (Å²) in [5.74, 6) is 0.445. The molecule has 0 aliphatic heterocycles. The van der Waals surface area contributed by atoms with Crippen LogP contribution in [0, 0.1) is 0 Å². The number of halogens is 2. The van der Waals surface area contributed by atoms with Crippen LogP contribution in [0.15, 0.2) is 12.1 Å². The van der Waals surface area contributed by atoms with Crippen LogP contribution in [-0.2, 0) is 4.74 Å². The highest BCUT2D eigenvalue weighted by atomic mass is 35.5. The van der Waals surface area contributed by atoms with Gasteiger partial charge in [-0.2, -0.15) is 0 Å². The Kier molecular flexibility index (Phi) is 4.71. The molecule has 0 spiro atoms. The minimum Gasteiger partial charge on any atom is -0.495 e. The third-order valence-electron chi connectivity index (χ3n) is 1.75. The zero-order chi connectivity index (χ0) is 12.1. The van der Waals surface area contributed by atoms with Crippen LogP contribution >= 0.6 is 23.2 Å². The SMILES string of the molecule is CCOC(=O)Nc1cc(Cl)c(OC)cc1Cl. The van der Waals surface area contributed by atoms with Crippen molar-refractivity contribution in [3.05, 3.63) is 22.2 Å². The van der Waals surface area contributed by atoms with Crippen LogP contribution in [0.2, 0.25) is 10.0 Å². The van der Waals surface area contributed by atoms with Crippen molar-refractivity contribution in [1.82, 2.24) is 0 Å². The summed E-state index contributed by atoms with van der Waals surface area (Å²) in [7, 11) is 1.48. The molecule has 6 heteroatoms. The first-order valence-electron chi connectivity index (χ1n) is 4.55. The zero-order valence-corrected chi connectivity index (χ0v) is 10.4. The Hall–Kier alpha value is -1.13. The van der Waals surface area contributed by atoms with Gasteiger partial charge in [-0.05, 0) is 13.0 Å². The lowest BCUT2D eigenvalue weighted by atomic mass is 10.3. The summed E-state index contributed by atoms with van der Waals surface area (Å²) in [5.41, 5.74) is 0.380. The number of methoxy groups -OCH3 is 1. The third-order valence-corrected chi connectivity index (χ3v) is 2.36. The van der Waals surface area contributed by atoms with Crippen LogP contribution in [0.5, 0.6) is 5.75 Å². The van der Waals surface area contributed by atoms with E-state index in [2.05, 4.69) is 5.32 Å². The van der Waals surface area contributed by atoms with Crippen molar-refractivity contribution >= 4 is 35.0 Å². The minimum absolute atomic E-state index is 0.285. The molecule has 0 atom stereocenters. The topological polar surface area (TPSA) is 47.6 Å². The molecule has 16 heavy (non-hydrogen) atoms. The molecule has 0 aliphatic rings. The molecule has 0 radical (unpaired) electrons. The Labute approximate surface area is 103 Å². The van der Waals surface area contributed by atoms with Crippen LogP contribution in [0.25, 0.3) is 0 Å². The largest absolute Gasteiger partial charge is 0.495 e. The summed E-state index contributed by atoms with van der Waals surface area (Å²) in [5, 5.41) is 3.16. The predicted octanol–water partition coefficient (Wildman–Crippen LogP) is 3.57. The zero-order valence-electron chi connectivity index (χ0n) is 8.84. The maximum atomic E-state index is 11.2. The molecule has 0 aliphatic carbocycles. The van der Waals surface area contributed by atoms with Crippen molar-refractivity contribution in [2.45, 2.75) is 6.92 Å². The molecule has 0 saturated heterocycles. The average Bonchev–Trinajstić information content (AvgIpc) is 2.23. The third kappa shape index (κ3) is 3.18. The van der Waals surface area contributed by atoms with E-state index in [0.717, 1.165) is 0 Å². The molecule has 0 heterocycles. The predicted molar refractivity (Wildman–Crippen MR) is 63.7 cm³/mol. The number of nitrogens with one attached hydrogen (secondary N) is 1. The van der Waals surface area contributed by atoms with Gasteiger partial charge in [-0.1, -0.05) is 23.2 Å². The van der Waals surface area contributed by atoms with Crippen LogP contribution in [0.1, 0.15) is 6.92 Å². The van der Waals surface area contributed by atoms with Gasteiger partial charge < -0.3 is 9.47 Å². The van der Waals surface area contributed by atoms with E-state index in [4.69, 9.17) is 32.7 Å². The van der Waals surface area contributed by atoms with Crippen LogP contribution in [-0.4, -0.2) is 19.8 Å². The fraction of sp³-hybridized carbons (Fsp3) is 0.300. The first-order chi connectivity index (χ1) is 7.58. The van der Waals surface area contributed by atoms with Crippen molar-refractivity contribution in [2.75, 3.05) is 19.0 Å². The fourth-order valence-electron chi connectivity index (χ4n) is 1.06. The molecular weight excluding hydrogens is 253 g/mol. The highest BCUT2D eigenvalue weighted by Crippen LogP contribution is 2.33. The van der Waals surface area contributed by atoms with Gasteiger partial charge in [0.1, 0.15) is 5.75 Å². The molecule has 0 saturated carbocycles. The summed E-state index contributed by atoms with van der Waals surface area (Å²) in [4.78, 5) is 11.2. The van der Waals surface area contributed by atoms with Gasteiger partial charge in [-0.25, -0.2) is 4.79 Å². The van der Waals surface area contributed by atoms with Gasteiger partial charge >= 0.3 is 6.09 Å². The molecule has 1 N–H and O–H groups in total. The standard InChI is InChI=1S/C10H11Cl2NO3/c1-3-16-10(14)13-8-4-7(12)9(15-2)5-6(8)11/h4-5H,3H2,1-2H3,(H,13,14). The number of rotatable bonds is 3. The molecule has 1 rings (SSSR count). The van der Waals surface area contributed by atoms with Crippen molar-refractivity contribution in [1.29, 1.82) is 0 Å². The summed E-state index contributed by atoms with van der Waals surface area (Å²) >= 11 is 11.8. The second-order valence-electron chi connectivity index (χ2n) is 2.81. The van der Waals surface area contributed by atoms with Gasteiger partial charge in [0, 0.05) is 6.07 Å². The quantitative estimate of drug-likeness (QED) is 0.907. The molecule has 1 amide bonds. The summed E-state index contributed by atoms with van der Waals surface area (Å²) in [6, 6.07) is 3.02. The van der Waals surface area contributed by atoms with E-state index < -0.39 is 6.09 Å². The van der Waals surface area contributed by atoms with Crippen molar-refractivity contribution in [3.8, 4) is 5.75 Å². The van der Waals surface area contributed by atoms with Gasteiger partial charge in [0.05, 0.1) is 29.4 Å². The molecule has 1 aromatic carbocycles. The number of anilines is 1. The van der Waals surface area contributed by atoms with Gasteiger partial charge in [-0.3, -0.25) is 5.32 Å². The summed E-state index contributed by atoms with van der Waals surface area (Å²) in [6.45, 7) is 2.00. The van der Waals surface area contributed by atoms with Gasteiger partial charge in [0.2, 0.25) is 0 Å². The maximum Gasteiger partial charge on any atom is 0.411 e. The number of ether oxygens (including phenoxy) is 2. The Morgan fingerprint density at radius 1 is 1.38 bits per heavy atom. The van der Waals surface area contributed by atoms with E-state index in [0.29, 0.717) is 21.5 Å². The summed E-state index contributed by atoms with van der Waals surface area (Å²) < 4.78 is 9.69. The molecule has 4 nitrogen and oxygen atoms in total. The molecule has 0 fully saturated rings. The lowest BCUT2D eigenvalue weighted by Gasteiger charge is -2.10. The molecule has 1 aromatic rings. The van der Waals surface area contributed by atoms with Crippen LogP contribution in [0.4, 0.5) is 10.5 Å². The van der Waals surface area contributed by atoms with E-state index in [1.807, 2.05) is 0 Å². The highest BCUT2D eigenvalue weighted by Gasteiger charge is 2.10. The second kappa shape index (κ2) is 5.82. The number of carbonyl (C=O) groups is 1. The van der Waals surface area contributed by atoms with E-state index in [1.165, 1.54) is 19.2 Å². The lowest BCUT2D eigenvalue weighted by Crippen LogP contribution is -2.13. The van der Waals surface area contributed by atoms with Crippen LogP contribution < -0.4 is 10.1 Å². The molecule has 0 aromatic heterocycles. The average molecular weight is 264 g/mol. The monoisotopic (exact) mass is 263 g/mol. The Morgan fingerprint density at radius 2 is 2.06 bits per heavy atom. The van der Waals surface area contributed by atoms with E-state index >= 15 is 0 Å². The van der Waals surface area contributed by atoms with E-state index in [1.54, 1.807) is 6.92 Å². The fourth-order valence-corrected chi connectivity index (χ4v) is 1.50. The number of hydrogen-bond donors (Lipinski definition) is 1. The molecule has 0 bridgehead atoms. The lowest BCUT2D eigenvalue weighted by molar-refractivity contribution is 0.168. The Bertz CT molecular complexity index is 396. The normalized spacial score (nSPS) is 9.75. The second-order valence-corrected chi connectivity index (χ2v) is 3.63. The number of benzene rings is 1. The van der Waals surface area contributed by atoms with E-state index in [9.17, 15) is 4.79 Å². The smallest absolute Gasteiger partial charge is 0.411 e. The molecule has 0 unspecified atom stereocenters. The Morgan fingerprint density at radius 3 is 2.62 bits per heavy atom. The maximum absolute atomic E-state index is 11.2. The first-order valence-corrected chi connectivity index (χ1v) is 5.30. The number of amides is 1. The van der Waals surface area contributed by atoms with Gasteiger partial charge in [-0.15, -0.1) is 0 Å². The highest BCUT2D eigenvalue weighted by molar-refractivity contribution is 6.36. The minimum atomic E-state index is -0.578. The van der Waals surface area contributed by atoms with Crippen molar-refractivity contribution in [3.63, 3.8) is 0 Å². The van der Waals surface area contributed by atoms with Crippen LogP contribution in [0.3, 0.4) is 0 Å². The number of hydrogen-bond acceptors (Lipinski definition) is 3. The molecule has 88 valence electrons. The van der Waals surface area contributed by atoms with Gasteiger partial charge in [0.15, 0.2) is 0 Å².